The van der Waals surface area contributed by atoms with Gasteiger partial charge in [0, 0.05) is 36.3 Å². The Morgan fingerprint density at radius 1 is 0.953 bits per heavy atom. The van der Waals surface area contributed by atoms with Crippen LogP contribution in [0.4, 0.5) is 14.5 Å². The third-order valence-electron chi connectivity index (χ3n) is 6.40. The van der Waals surface area contributed by atoms with Crippen molar-refractivity contribution in [1.82, 2.24) is 25.3 Å². The molecule has 2 aromatic heterocycles. The Morgan fingerprint density at radius 3 is 2.47 bits per heavy atom. The van der Waals surface area contributed by atoms with Gasteiger partial charge in [0.1, 0.15) is 18.1 Å². The normalized spacial score (nSPS) is 12.2. The van der Waals surface area contributed by atoms with E-state index < -0.39 is 27.8 Å². The highest BCUT2D eigenvalue weighted by Crippen LogP contribution is 2.20. The molecule has 0 radical (unpaired) electrons. The lowest BCUT2D eigenvalue weighted by atomic mass is 10.1. The minimum atomic E-state index is -3.85. The van der Waals surface area contributed by atoms with Crippen LogP contribution in [0.2, 0.25) is 0 Å². The van der Waals surface area contributed by atoms with E-state index in [1.54, 1.807) is 42.7 Å². The average molecular weight is 607 g/mol. The van der Waals surface area contributed by atoms with Crippen molar-refractivity contribution in [2.45, 2.75) is 24.0 Å². The van der Waals surface area contributed by atoms with Crippen molar-refractivity contribution >= 4 is 15.7 Å². The van der Waals surface area contributed by atoms with Crippen molar-refractivity contribution in [1.29, 1.82) is 0 Å². The summed E-state index contributed by atoms with van der Waals surface area (Å²) < 4.78 is 60.3. The van der Waals surface area contributed by atoms with Gasteiger partial charge in [-0.15, -0.1) is 5.10 Å². The van der Waals surface area contributed by atoms with E-state index in [1.165, 1.54) is 29.2 Å². The van der Waals surface area contributed by atoms with Crippen LogP contribution in [0.3, 0.4) is 0 Å². The van der Waals surface area contributed by atoms with E-state index in [0.717, 1.165) is 23.3 Å². The van der Waals surface area contributed by atoms with Gasteiger partial charge in [-0.3, -0.25) is 9.71 Å². The number of aliphatic hydroxyl groups is 1. The fourth-order valence-corrected chi connectivity index (χ4v) is 5.14. The second-order valence-electron chi connectivity index (χ2n) is 9.54. The molecular formula is C30H28F2N6O4S. The Balaban J connectivity index is 1.11. The van der Waals surface area contributed by atoms with Crippen LogP contribution in [0.1, 0.15) is 22.9 Å². The monoisotopic (exact) mass is 606 g/mol. The van der Waals surface area contributed by atoms with Crippen LogP contribution < -0.4 is 14.8 Å². The largest absolute Gasteiger partial charge is 0.487 e. The van der Waals surface area contributed by atoms with Gasteiger partial charge >= 0.3 is 0 Å². The molecule has 43 heavy (non-hydrogen) atoms. The highest BCUT2D eigenvalue weighted by Gasteiger charge is 2.15. The maximum Gasteiger partial charge on any atom is 0.261 e. The maximum atomic E-state index is 13.4. The Labute approximate surface area is 247 Å². The number of aromatic nitrogens is 4. The molecular weight excluding hydrogens is 578 g/mol. The zero-order chi connectivity index (χ0) is 30.2. The van der Waals surface area contributed by atoms with Gasteiger partial charge in [0.2, 0.25) is 0 Å². The third-order valence-corrected chi connectivity index (χ3v) is 7.80. The van der Waals surface area contributed by atoms with Crippen molar-refractivity contribution in [3.05, 3.63) is 126 Å². The zero-order valence-electron chi connectivity index (χ0n) is 22.8. The SMILES string of the molecule is O=S(=O)(Nc1ccc(CCNC[C@H](O)c2cccnc2)cc1)c1ccc(-n2ncc(COc3ccc(F)c(F)c3)n2)cc1. The van der Waals surface area contributed by atoms with Crippen molar-refractivity contribution in [2.75, 3.05) is 17.8 Å². The number of halogens is 2. The molecule has 0 saturated carbocycles. The van der Waals surface area contributed by atoms with Crippen molar-refractivity contribution in [3.63, 3.8) is 0 Å². The average Bonchev–Trinajstić information content (AvgIpc) is 3.50. The predicted molar refractivity (Wildman–Crippen MR) is 155 cm³/mol. The molecule has 0 unspecified atom stereocenters. The Hall–Kier alpha value is -4.72. The molecule has 5 rings (SSSR count). The molecule has 0 amide bonds. The van der Waals surface area contributed by atoms with Crippen LogP contribution in [0.5, 0.6) is 5.75 Å². The van der Waals surface area contributed by atoms with Gasteiger partial charge < -0.3 is 15.2 Å². The van der Waals surface area contributed by atoms with E-state index in [9.17, 15) is 22.3 Å². The molecule has 0 aliphatic heterocycles. The first-order valence-corrected chi connectivity index (χ1v) is 14.8. The van der Waals surface area contributed by atoms with E-state index in [0.29, 0.717) is 36.6 Å². The van der Waals surface area contributed by atoms with Crippen LogP contribution in [-0.2, 0) is 23.1 Å². The molecule has 3 N–H and O–H groups in total. The summed E-state index contributed by atoms with van der Waals surface area (Å²) in [5, 5.41) is 21.8. The lowest BCUT2D eigenvalue weighted by Gasteiger charge is -2.12. The molecule has 5 aromatic rings. The number of nitrogens with zero attached hydrogens (tertiary/aromatic N) is 4. The highest BCUT2D eigenvalue weighted by atomic mass is 32.2. The summed E-state index contributed by atoms with van der Waals surface area (Å²) in [4.78, 5) is 5.37. The minimum absolute atomic E-state index is 0.0218. The Kier molecular flexibility index (Phi) is 9.35. The number of hydrogen-bond donors (Lipinski definition) is 3. The third kappa shape index (κ3) is 7.97. The molecule has 13 heteroatoms. The van der Waals surface area contributed by atoms with Gasteiger partial charge in [0.05, 0.1) is 22.9 Å². The molecule has 3 aromatic carbocycles. The summed E-state index contributed by atoms with van der Waals surface area (Å²) in [5.74, 6) is -1.83. The van der Waals surface area contributed by atoms with E-state index >= 15 is 0 Å². The number of pyridine rings is 1. The molecule has 222 valence electrons. The number of nitrogens with one attached hydrogen (secondary N) is 2. The molecule has 0 saturated heterocycles. The fourth-order valence-electron chi connectivity index (χ4n) is 4.08. The second-order valence-corrected chi connectivity index (χ2v) is 11.2. The van der Waals surface area contributed by atoms with Crippen LogP contribution in [-0.4, -0.2) is 46.6 Å². The molecule has 1 atom stereocenters. The molecule has 2 heterocycles. The van der Waals surface area contributed by atoms with Gasteiger partial charge in [-0.2, -0.15) is 9.90 Å². The Morgan fingerprint density at radius 2 is 1.74 bits per heavy atom. The zero-order valence-corrected chi connectivity index (χ0v) is 23.6. The summed E-state index contributed by atoms with van der Waals surface area (Å²) in [6.45, 7) is 1.02. The van der Waals surface area contributed by atoms with Gasteiger partial charge in [0.25, 0.3) is 10.0 Å². The lowest BCUT2D eigenvalue weighted by Crippen LogP contribution is -2.23. The lowest BCUT2D eigenvalue weighted by molar-refractivity contribution is 0.174. The van der Waals surface area contributed by atoms with Crippen LogP contribution in [0, 0.1) is 11.6 Å². The van der Waals surface area contributed by atoms with Gasteiger partial charge in [0.15, 0.2) is 11.6 Å². The number of sulfonamides is 1. The quantitative estimate of drug-likeness (QED) is 0.170. The van der Waals surface area contributed by atoms with E-state index in [-0.39, 0.29) is 17.3 Å². The molecule has 0 fully saturated rings. The summed E-state index contributed by atoms with van der Waals surface area (Å²) in [6.07, 6.45) is 4.80. The minimum Gasteiger partial charge on any atom is -0.487 e. The molecule has 0 bridgehead atoms. The Bertz CT molecular complexity index is 1750. The first-order valence-electron chi connectivity index (χ1n) is 13.3. The van der Waals surface area contributed by atoms with Crippen molar-refractivity contribution < 1.29 is 27.0 Å². The number of benzene rings is 3. The van der Waals surface area contributed by atoms with Crippen LogP contribution in [0.25, 0.3) is 5.69 Å². The standard InChI is InChI=1S/C30H28F2N6O4S/c31-28-12-9-26(16-29(28)32)42-20-24-18-35-38(36-24)25-7-10-27(11-8-25)43(40,41)37-23-5-3-21(4-6-23)13-15-34-19-30(39)22-2-1-14-33-17-22/h1-12,14,16-18,30,34,37,39H,13,15,19-20H2/t30-/m0/s1. The smallest absolute Gasteiger partial charge is 0.261 e. The second kappa shape index (κ2) is 13.5. The van der Waals surface area contributed by atoms with Crippen molar-refractivity contribution in [3.8, 4) is 11.4 Å². The first kappa shape index (κ1) is 29.8. The number of rotatable bonds is 13. The van der Waals surface area contributed by atoms with Gasteiger partial charge in [-0.1, -0.05) is 18.2 Å². The first-order chi connectivity index (χ1) is 20.8. The van der Waals surface area contributed by atoms with E-state index in [4.69, 9.17) is 4.74 Å². The van der Waals surface area contributed by atoms with E-state index in [2.05, 4.69) is 25.2 Å². The van der Waals surface area contributed by atoms with Crippen LogP contribution >= 0.6 is 0 Å². The number of ether oxygens (including phenoxy) is 1. The molecule has 0 spiro atoms. The topological polar surface area (TPSA) is 131 Å². The van der Waals surface area contributed by atoms with Gasteiger partial charge in [-0.25, -0.2) is 17.2 Å². The van der Waals surface area contributed by atoms with E-state index in [1.807, 2.05) is 18.2 Å². The number of aliphatic hydroxyl groups excluding tert-OH is 1. The summed E-state index contributed by atoms with van der Waals surface area (Å²) in [7, 11) is -3.85. The van der Waals surface area contributed by atoms with Crippen LogP contribution in [0.15, 0.2) is 102 Å². The maximum absolute atomic E-state index is 13.4. The molecule has 0 aliphatic carbocycles. The highest BCUT2D eigenvalue weighted by molar-refractivity contribution is 7.92. The number of hydrogen-bond acceptors (Lipinski definition) is 8. The molecule has 0 aliphatic rings. The van der Waals surface area contributed by atoms with Crippen molar-refractivity contribution in [2.24, 2.45) is 0 Å². The summed E-state index contributed by atoms with van der Waals surface area (Å²) in [5.41, 5.74) is 3.14. The fraction of sp³-hybridized carbons (Fsp3) is 0.167. The summed E-state index contributed by atoms with van der Waals surface area (Å²) >= 11 is 0. The predicted octanol–water partition coefficient (Wildman–Crippen LogP) is 4.19. The number of anilines is 1. The van der Waals surface area contributed by atoms with Gasteiger partial charge in [-0.05, 0) is 73.1 Å². The molecule has 10 nitrogen and oxygen atoms in total. The summed E-state index contributed by atoms with van der Waals surface area (Å²) in [6, 6.07) is 19.9.